The van der Waals surface area contributed by atoms with Gasteiger partial charge in [0.05, 0.1) is 12.8 Å². The number of sulfonamides is 1. The Kier molecular flexibility index (Phi) is 4.47. The number of hydrogen-bond donors (Lipinski definition) is 2. The maximum absolute atomic E-state index is 10.9. The molecular weight excluding hydrogens is 246 g/mol. The summed E-state index contributed by atoms with van der Waals surface area (Å²) in [6.45, 7) is -0.316. The molecule has 0 radical (unpaired) electrons. The summed E-state index contributed by atoms with van der Waals surface area (Å²) in [6.07, 6.45) is -0.304. The van der Waals surface area contributed by atoms with E-state index < -0.39 is 22.1 Å². The summed E-state index contributed by atoms with van der Waals surface area (Å²) in [4.78, 5) is 10.9. The molecule has 17 heavy (non-hydrogen) atoms. The van der Waals surface area contributed by atoms with Crippen LogP contribution in [0, 0.1) is 0 Å². The normalized spacial score (nSPS) is 13.0. The summed E-state index contributed by atoms with van der Waals surface area (Å²) in [5.41, 5.74) is 0. The van der Waals surface area contributed by atoms with E-state index in [1.807, 2.05) is 0 Å². The van der Waals surface area contributed by atoms with Crippen LogP contribution in [0.4, 0.5) is 0 Å². The van der Waals surface area contributed by atoms with Crippen LogP contribution in [0.25, 0.3) is 0 Å². The number of benzene rings is 1. The first-order valence-electron chi connectivity index (χ1n) is 4.77. The highest BCUT2D eigenvalue weighted by atomic mass is 32.2. The number of nitrogens with one attached hydrogen (secondary N) is 1. The van der Waals surface area contributed by atoms with Gasteiger partial charge in [0.1, 0.15) is 5.75 Å². The minimum atomic E-state index is -3.44. The highest BCUT2D eigenvalue weighted by Crippen LogP contribution is 2.10. The fraction of sp³-hybridized carbons (Fsp3) is 0.300. The van der Waals surface area contributed by atoms with E-state index in [4.69, 9.17) is 9.84 Å². The van der Waals surface area contributed by atoms with Crippen molar-refractivity contribution in [1.29, 1.82) is 0 Å². The van der Waals surface area contributed by atoms with Crippen LogP contribution in [-0.2, 0) is 14.8 Å². The predicted octanol–water partition coefficient (Wildman–Crippen LogP) is 0.0678. The molecule has 0 aliphatic heterocycles. The Hall–Kier alpha value is -1.60. The number of ether oxygens (including phenoxy) is 1. The molecule has 6 nitrogen and oxygen atoms in total. The Morgan fingerprint density at radius 1 is 1.41 bits per heavy atom. The Bertz CT molecular complexity index is 471. The third kappa shape index (κ3) is 5.32. The molecule has 0 fully saturated rings. The van der Waals surface area contributed by atoms with Crippen molar-refractivity contribution in [2.24, 2.45) is 0 Å². The molecule has 1 aromatic rings. The molecule has 1 rings (SSSR count). The molecule has 0 aliphatic carbocycles. The van der Waals surface area contributed by atoms with Crippen LogP contribution in [-0.4, -0.2) is 38.4 Å². The van der Waals surface area contributed by atoms with Crippen LogP contribution >= 0.6 is 0 Å². The van der Waals surface area contributed by atoms with Crippen LogP contribution in [0.2, 0.25) is 0 Å². The zero-order chi connectivity index (χ0) is 12.9. The Morgan fingerprint density at radius 2 is 2.00 bits per heavy atom. The monoisotopic (exact) mass is 259 g/mol. The van der Waals surface area contributed by atoms with Crippen molar-refractivity contribution in [3.63, 3.8) is 0 Å². The molecule has 94 valence electrons. The van der Waals surface area contributed by atoms with Crippen LogP contribution in [0.1, 0.15) is 0 Å². The number of hydrogen-bond acceptors (Lipinski definition) is 4. The minimum absolute atomic E-state index is 0.316. The molecular formula is C10H13NO5S. The Morgan fingerprint density at radius 3 is 2.47 bits per heavy atom. The standard InChI is InChI=1S/C10H13NO5S/c1-17(14,15)11-7-9(10(12)13)16-8-5-3-2-4-6-8/h2-6,9,11H,7H2,1H3,(H,12,13)/t9-/m1/s1. The second-order valence-corrected chi connectivity index (χ2v) is 5.21. The molecule has 0 heterocycles. The van der Waals surface area contributed by atoms with Gasteiger partial charge in [-0.25, -0.2) is 17.9 Å². The van der Waals surface area contributed by atoms with Gasteiger partial charge in [0, 0.05) is 0 Å². The number of aliphatic carboxylic acids is 1. The van der Waals surface area contributed by atoms with E-state index in [1.54, 1.807) is 30.3 Å². The van der Waals surface area contributed by atoms with Gasteiger partial charge in [0.15, 0.2) is 0 Å². The van der Waals surface area contributed by atoms with Crippen LogP contribution in [0.3, 0.4) is 0 Å². The predicted molar refractivity (Wildman–Crippen MR) is 61.3 cm³/mol. The summed E-state index contributed by atoms with van der Waals surface area (Å²) < 4.78 is 28.9. The van der Waals surface area contributed by atoms with E-state index in [0.29, 0.717) is 5.75 Å². The molecule has 0 bridgehead atoms. The minimum Gasteiger partial charge on any atom is -0.478 e. The van der Waals surface area contributed by atoms with Gasteiger partial charge < -0.3 is 9.84 Å². The van der Waals surface area contributed by atoms with Gasteiger partial charge in [-0.3, -0.25) is 0 Å². The molecule has 2 N–H and O–H groups in total. The maximum atomic E-state index is 10.9. The lowest BCUT2D eigenvalue weighted by atomic mass is 10.3. The van der Waals surface area contributed by atoms with E-state index in [0.717, 1.165) is 6.26 Å². The first kappa shape index (κ1) is 13.5. The molecule has 0 unspecified atom stereocenters. The quantitative estimate of drug-likeness (QED) is 0.754. The summed E-state index contributed by atoms with van der Waals surface area (Å²) >= 11 is 0. The molecule has 0 aromatic heterocycles. The van der Waals surface area contributed by atoms with E-state index in [-0.39, 0.29) is 6.54 Å². The number of carboxylic acids is 1. The van der Waals surface area contributed by atoms with Crippen molar-refractivity contribution in [3.05, 3.63) is 30.3 Å². The van der Waals surface area contributed by atoms with Crippen molar-refractivity contribution in [2.75, 3.05) is 12.8 Å². The summed E-state index contributed by atoms with van der Waals surface area (Å²) in [5.74, 6) is -0.861. The van der Waals surface area contributed by atoms with Crippen molar-refractivity contribution in [1.82, 2.24) is 4.72 Å². The van der Waals surface area contributed by atoms with Gasteiger partial charge >= 0.3 is 5.97 Å². The average molecular weight is 259 g/mol. The van der Waals surface area contributed by atoms with Gasteiger partial charge in [-0.15, -0.1) is 0 Å². The molecule has 0 amide bonds. The zero-order valence-electron chi connectivity index (χ0n) is 9.16. The first-order chi connectivity index (χ1) is 7.88. The summed E-state index contributed by atoms with van der Waals surface area (Å²) in [5, 5.41) is 8.87. The molecule has 0 saturated heterocycles. The van der Waals surface area contributed by atoms with Gasteiger partial charge in [0.25, 0.3) is 0 Å². The summed E-state index contributed by atoms with van der Waals surface area (Å²) in [6, 6.07) is 8.33. The maximum Gasteiger partial charge on any atom is 0.346 e. The fourth-order valence-corrected chi connectivity index (χ4v) is 1.52. The second-order valence-electron chi connectivity index (χ2n) is 3.38. The largest absolute Gasteiger partial charge is 0.478 e. The lowest BCUT2D eigenvalue weighted by Crippen LogP contribution is -2.39. The smallest absolute Gasteiger partial charge is 0.346 e. The SMILES string of the molecule is CS(=O)(=O)NC[C@@H](Oc1ccccc1)C(=O)O. The molecule has 1 aromatic carbocycles. The Balaban J connectivity index is 2.65. The topological polar surface area (TPSA) is 92.7 Å². The first-order valence-corrected chi connectivity index (χ1v) is 6.67. The van der Waals surface area contributed by atoms with Crippen LogP contribution < -0.4 is 9.46 Å². The average Bonchev–Trinajstić information content (AvgIpc) is 2.24. The van der Waals surface area contributed by atoms with E-state index in [2.05, 4.69) is 4.72 Å². The van der Waals surface area contributed by atoms with E-state index >= 15 is 0 Å². The lowest BCUT2D eigenvalue weighted by Gasteiger charge is -2.14. The molecule has 0 spiro atoms. The van der Waals surface area contributed by atoms with E-state index in [1.165, 1.54) is 0 Å². The lowest BCUT2D eigenvalue weighted by molar-refractivity contribution is -0.144. The third-order valence-corrected chi connectivity index (χ3v) is 2.52. The van der Waals surface area contributed by atoms with Gasteiger partial charge in [-0.1, -0.05) is 18.2 Å². The van der Waals surface area contributed by atoms with Crippen LogP contribution in [0.15, 0.2) is 30.3 Å². The zero-order valence-corrected chi connectivity index (χ0v) is 9.98. The van der Waals surface area contributed by atoms with Crippen molar-refractivity contribution in [3.8, 4) is 5.75 Å². The number of carboxylic acid groups (broad SMARTS) is 1. The highest BCUT2D eigenvalue weighted by Gasteiger charge is 2.20. The number of para-hydroxylation sites is 1. The third-order valence-electron chi connectivity index (χ3n) is 1.83. The molecule has 1 atom stereocenters. The van der Waals surface area contributed by atoms with Crippen molar-refractivity contribution in [2.45, 2.75) is 6.10 Å². The second kappa shape index (κ2) is 5.65. The van der Waals surface area contributed by atoms with Gasteiger partial charge in [-0.05, 0) is 12.1 Å². The highest BCUT2D eigenvalue weighted by molar-refractivity contribution is 7.88. The van der Waals surface area contributed by atoms with Crippen molar-refractivity contribution < 1.29 is 23.1 Å². The summed E-state index contributed by atoms with van der Waals surface area (Å²) in [7, 11) is -3.44. The number of rotatable bonds is 6. The van der Waals surface area contributed by atoms with Crippen LogP contribution in [0.5, 0.6) is 5.75 Å². The molecule has 7 heteroatoms. The number of carbonyl (C=O) groups is 1. The van der Waals surface area contributed by atoms with Gasteiger partial charge in [0.2, 0.25) is 16.1 Å². The molecule has 0 aliphatic rings. The van der Waals surface area contributed by atoms with Crippen molar-refractivity contribution >= 4 is 16.0 Å². The fourth-order valence-electron chi connectivity index (χ4n) is 1.07. The Labute approximate surface area is 99.3 Å². The molecule has 0 saturated carbocycles. The van der Waals surface area contributed by atoms with E-state index in [9.17, 15) is 13.2 Å². The van der Waals surface area contributed by atoms with Gasteiger partial charge in [-0.2, -0.15) is 0 Å².